The average Bonchev–Trinajstić information content (AvgIpc) is 1.95. The first kappa shape index (κ1) is 7.88. The van der Waals surface area contributed by atoms with Gasteiger partial charge in [-0.2, -0.15) is 0 Å². The molecule has 0 amide bonds. The maximum atomic E-state index is 4.25. The van der Waals surface area contributed by atoms with Crippen LogP contribution < -0.4 is 0 Å². The molecular formula is C6H8N2S2. The van der Waals surface area contributed by atoms with Gasteiger partial charge in [0.05, 0.1) is 10.6 Å². The van der Waals surface area contributed by atoms with Crippen molar-refractivity contribution in [1.29, 1.82) is 0 Å². The Labute approximate surface area is 69.9 Å². The summed E-state index contributed by atoms with van der Waals surface area (Å²) in [5, 5.41) is 0.941. The number of hydrogen-bond acceptors (Lipinski definition) is 4. The van der Waals surface area contributed by atoms with Gasteiger partial charge in [-0.25, -0.2) is 9.97 Å². The molecule has 0 aliphatic carbocycles. The van der Waals surface area contributed by atoms with E-state index in [1.165, 1.54) is 0 Å². The Morgan fingerprint density at radius 3 is 2.70 bits per heavy atom. The zero-order chi connectivity index (χ0) is 7.56. The van der Waals surface area contributed by atoms with Crippen LogP contribution in [-0.2, 0) is 0 Å². The van der Waals surface area contributed by atoms with E-state index < -0.39 is 0 Å². The lowest BCUT2D eigenvalue weighted by Gasteiger charge is -2.00. The minimum absolute atomic E-state index is 0.884. The molecule has 0 saturated carbocycles. The molecule has 10 heavy (non-hydrogen) atoms. The topological polar surface area (TPSA) is 25.8 Å². The van der Waals surface area contributed by atoms with Crippen molar-refractivity contribution >= 4 is 24.4 Å². The van der Waals surface area contributed by atoms with Crippen molar-refractivity contribution in [2.24, 2.45) is 0 Å². The molecule has 2 nitrogen and oxygen atoms in total. The molecule has 0 spiro atoms. The summed E-state index contributed by atoms with van der Waals surface area (Å²) in [6.45, 7) is 1.92. The second-order valence-electron chi connectivity index (χ2n) is 1.82. The van der Waals surface area contributed by atoms with Gasteiger partial charge in [-0.05, 0) is 13.2 Å². The normalized spacial score (nSPS) is 9.90. The highest BCUT2D eigenvalue weighted by molar-refractivity contribution is 7.99. The molecule has 0 aliphatic heterocycles. The largest absolute Gasteiger partial charge is 0.240 e. The van der Waals surface area contributed by atoms with Crippen molar-refractivity contribution in [2.45, 2.75) is 16.8 Å². The van der Waals surface area contributed by atoms with Gasteiger partial charge in [0.15, 0.2) is 0 Å². The maximum Gasteiger partial charge on any atom is 0.117 e. The van der Waals surface area contributed by atoms with Crippen molar-refractivity contribution in [3.8, 4) is 0 Å². The number of nitrogens with zero attached hydrogens (tertiary/aromatic N) is 2. The average molecular weight is 172 g/mol. The standard InChI is InChI=1S/C6H8N2S2/c1-4-5(9)6(10-2)8-3-7-4/h3,9H,1-2H3. The molecule has 54 valence electrons. The Morgan fingerprint density at radius 1 is 1.50 bits per heavy atom. The number of aryl methyl sites for hydroxylation is 1. The molecule has 0 atom stereocenters. The summed E-state index contributed by atoms with van der Waals surface area (Å²) < 4.78 is 0. The predicted molar refractivity (Wildman–Crippen MR) is 45.8 cm³/mol. The van der Waals surface area contributed by atoms with Gasteiger partial charge < -0.3 is 0 Å². The van der Waals surface area contributed by atoms with Crippen LogP contribution in [0.4, 0.5) is 0 Å². The first-order valence-corrected chi connectivity index (χ1v) is 4.47. The lowest BCUT2D eigenvalue weighted by Crippen LogP contribution is -1.88. The summed E-state index contributed by atoms with van der Waals surface area (Å²) in [6, 6.07) is 0. The summed E-state index contributed by atoms with van der Waals surface area (Å²) >= 11 is 5.83. The van der Waals surface area contributed by atoms with Crippen LogP contribution in [0.5, 0.6) is 0 Å². The number of rotatable bonds is 1. The molecule has 1 aromatic heterocycles. The predicted octanol–water partition coefficient (Wildman–Crippen LogP) is 1.80. The Hall–Kier alpha value is -0.220. The minimum atomic E-state index is 0.884. The minimum Gasteiger partial charge on any atom is -0.240 e. The van der Waals surface area contributed by atoms with E-state index in [1.807, 2.05) is 13.2 Å². The van der Waals surface area contributed by atoms with Crippen LogP contribution in [0, 0.1) is 6.92 Å². The highest BCUT2D eigenvalue weighted by Gasteiger charge is 2.00. The quantitative estimate of drug-likeness (QED) is 0.397. The summed E-state index contributed by atoms with van der Waals surface area (Å²) in [7, 11) is 0. The second-order valence-corrected chi connectivity index (χ2v) is 3.06. The smallest absolute Gasteiger partial charge is 0.117 e. The SMILES string of the molecule is CSc1ncnc(C)c1S. The first-order chi connectivity index (χ1) is 4.75. The van der Waals surface area contributed by atoms with E-state index in [2.05, 4.69) is 22.6 Å². The fourth-order valence-corrected chi connectivity index (χ4v) is 1.48. The van der Waals surface area contributed by atoms with E-state index in [0.717, 1.165) is 15.6 Å². The molecule has 0 aliphatic rings. The Balaban J connectivity index is 3.14. The lowest BCUT2D eigenvalue weighted by molar-refractivity contribution is 0.921. The van der Waals surface area contributed by atoms with Gasteiger partial charge in [0.2, 0.25) is 0 Å². The maximum absolute atomic E-state index is 4.25. The third-order valence-electron chi connectivity index (χ3n) is 1.17. The first-order valence-electron chi connectivity index (χ1n) is 2.80. The zero-order valence-electron chi connectivity index (χ0n) is 5.83. The van der Waals surface area contributed by atoms with Crippen molar-refractivity contribution in [3.63, 3.8) is 0 Å². The highest BCUT2D eigenvalue weighted by atomic mass is 32.2. The molecule has 1 aromatic rings. The van der Waals surface area contributed by atoms with Crippen molar-refractivity contribution in [1.82, 2.24) is 9.97 Å². The van der Waals surface area contributed by atoms with Crippen molar-refractivity contribution in [2.75, 3.05) is 6.26 Å². The van der Waals surface area contributed by atoms with Crippen LogP contribution in [0.3, 0.4) is 0 Å². The van der Waals surface area contributed by atoms with Gasteiger partial charge in [-0.15, -0.1) is 24.4 Å². The molecule has 0 aromatic carbocycles. The summed E-state index contributed by atoms with van der Waals surface area (Å²) in [4.78, 5) is 8.90. The summed E-state index contributed by atoms with van der Waals surface area (Å²) in [6.07, 6.45) is 3.53. The van der Waals surface area contributed by atoms with Crippen LogP contribution in [-0.4, -0.2) is 16.2 Å². The fourth-order valence-electron chi connectivity index (χ4n) is 0.594. The third-order valence-corrected chi connectivity index (χ3v) is 2.55. The van der Waals surface area contributed by atoms with Gasteiger partial charge in [-0.1, -0.05) is 0 Å². The molecule has 0 fully saturated rings. The fraction of sp³-hybridized carbons (Fsp3) is 0.333. The van der Waals surface area contributed by atoms with Crippen LogP contribution in [0.25, 0.3) is 0 Å². The highest BCUT2D eigenvalue weighted by Crippen LogP contribution is 2.21. The van der Waals surface area contributed by atoms with Crippen LogP contribution in [0.1, 0.15) is 5.69 Å². The van der Waals surface area contributed by atoms with Gasteiger partial charge in [-0.3, -0.25) is 0 Å². The van der Waals surface area contributed by atoms with Crippen LogP contribution in [0.2, 0.25) is 0 Å². The second kappa shape index (κ2) is 3.25. The molecule has 0 bridgehead atoms. The van der Waals surface area contributed by atoms with E-state index in [0.29, 0.717) is 0 Å². The molecular weight excluding hydrogens is 164 g/mol. The summed E-state index contributed by atoms with van der Waals surface area (Å²) in [5.74, 6) is 0. The monoisotopic (exact) mass is 172 g/mol. The van der Waals surface area contributed by atoms with E-state index in [9.17, 15) is 0 Å². The molecule has 1 heterocycles. The van der Waals surface area contributed by atoms with Gasteiger partial charge in [0.25, 0.3) is 0 Å². The number of hydrogen-bond donors (Lipinski definition) is 1. The van der Waals surface area contributed by atoms with Crippen LogP contribution in [0.15, 0.2) is 16.2 Å². The van der Waals surface area contributed by atoms with E-state index in [-0.39, 0.29) is 0 Å². The van der Waals surface area contributed by atoms with Gasteiger partial charge in [0.1, 0.15) is 11.4 Å². The Kier molecular flexibility index (Phi) is 2.56. The Bertz CT molecular complexity index is 237. The lowest BCUT2D eigenvalue weighted by atomic mass is 10.5. The molecule has 1 rings (SSSR count). The molecule has 0 saturated heterocycles. The van der Waals surface area contributed by atoms with Crippen molar-refractivity contribution < 1.29 is 0 Å². The molecule has 0 unspecified atom stereocenters. The van der Waals surface area contributed by atoms with Gasteiger partial charge >= 0.3 is 0 Å². The molecule has 0 radical (unpaired) electrons. The zero-order valence-corrected chi connectivity index (χ0v) is 7.54. The Morgan fingerprint density at radius 2 is 2.20 bits per heavy atom. The number of aromatic nitrogens is 2. The number of thiol groups is 1. The summed E-state index contributed by atoms with van der Waals surface area (Å²) in [5.41, 5.74) is 0.933. The van der Waals surface area contributed by atoms with E-state index in [4.69, 9.17) is 0 Å². The number of thioether (sulfide) groups is 1. The van der Waals surface area contributed by atoms with Crippen molar-refractivity contribution in [3.05, 3.63) is 12.0 Å². The van der Waals surface area contributed by atoms with E-state index in [1.54, 1.807) is 18.1 Å². The van der Waals surface area contributed by atoms with Gasteiger partial charge in [0, 0.05) is 0 Å². The molecule has 0 N–H and O–H groups in total. The molecule has 4 heteroatoms. The van der Waals surface area contributed by atoms with E-state index >= 15 is 0 Å². The third kappa shape index (κ3) is 1.44. The van der Waals surface area contributed by atoms with Crippen LogP contribution >= 0.6 is 24.4 Å².